The molecule has 184 valence electrons. The second-order valence-corrected chi connectivity index (χ2v) is 7.83. The summed E-state index contributed by atoms with van der Waals surface area (Å²) in [5, 5.41) is 2.88. The molecule has 3 rings (SSSR count). The maximum atomic E-state index is 14.1. The second-order valence-electron chi connectivity index (χ2n) is 7.83. The van der Waals surface area contributed by atoms with Gasteiger partial charge < -0.3 is 5.32 Å². The Morgan fingerprint density at radius 3 is 2.21 bits per heavy atom. The fraction of sp³-hybridized carbons (Fsp3) is 0.393. The zero-order valence-electron chi connectivity index (χ0n) is 20.6. The number of likely N-dealkylation sites (N-methyl/N-ethyl adjacent to an activating group) is 1. The summed E-state index contributed by atoms with van der Waals surface area (Å²) in [7, 11) is 3.56. The molecule has 0 aliphatic heterocycles. The molecule has 1 aromatic heterocycles. The zero-order valence-corrected chi connectivity index (χ0v) is 20.6. The minimum Gasteiger partial charge on any atom is -0.389 e. The number of carbonyl (C=O) groups is 1. The number of allylic oxidation sites excluding steroid dienone is 2. The molecule has 4 nitrogen and oxygen atoms in total. The summed E-state index contributed by atoms with van der Waals surface area (Å²) in [5.41, 5.74) is 1.40. The van der Waals surface area contributed by atoms with Crippen molar-refractivity contribution in [3.63, 3.8) is 0 Å². The van der Waals surface area contributed by atoms with E-state index in [1.165, 1.54) is 69.2 Å². The Labute approximate surface area is 202 Å². The van der Waals surface area contributed by atoms with Gasteiger partial charge in [-0.15, -0.1) is 0 Å². The van der Waals surface area contributed by atoms with Crippen molar-refractivity contribution in [3.05, 3.63) is 77.7 Å². The number of pyridine rings is 1. The molecule has 0 bridgehead atoms. The van der Waals surface area contributed by atoms with Crippen molar-refractivity contribution < 1.29 is 13.6 Å². The minimum absolute atomic E-state index is 0.130. The van der Waals surface area contributed by atoms with Gasteiger partial charge in [0.15, 0.2) is 6.29 Å². The van der Waals surface area contributed by atoms with E-state index in [1.807, 2.05) is 19.2 Å². The van der Waals surface area contributed by atoms with Crippen molar-refractivity contribution in [3.8, 4) is 11.3 Å². The first-order valence-electron chi connectivity index (χ1n) is 11.8. The van der Waals surface area contributed by atoms with E-state index in [9.17, 15) is 13.6 Å². The molecule has 2 aromatic rings. The van der Waals surface area contributed by atoms with Crippen LogP contribution in [0.4, 0.5) is 8.78 Å². The number of halogens is 2. The van der Waals surface area contributed by atoms with Gasteiger partial charge in [-0.05, 0) is 42.3 Å². The molecular weight excluding hydrogens is 432 g/mol. The third kappa shape index (κ3) is 10.6. The predicted molar refractivity (Wildman–Crippen MR) is 138 cm³/mol. The Balaban J connectivity index is 0.000000300. The molecule has 0 spiro atoms. The van der Waals surface area contributed by atoms with Crippen LogP contribution in [0.3, 0.4) is 0 Å². The van der Waals surface area contributed by atoms with Crippen LogP contribution in [0.2, 0.25) is 0 Å². The topological polar surface area (TPSA) is 54.4 Å². The van der Waals surface area contributed by atoms with Gasteiger partial charge in [0.2, 0.25) is 0 Å². The van der Waals surface area contributed by atoms with Gasteiger partial charge in [0.05, 0.1) is 11.3 Å². The molecular formula is C28H37F2N3O. The Kier molecular flexibility index (Phi) is 14.7. The highest BCUT2D eigenvalue weighted by atomic mass is 19.1. The number of carbonyl (C=O) groups excluding carboxylic acids is 1. The highest BCUT2D eigenvalue weighted by Gasteiger charge is 2.16. The molecule has 1 aliphatic carbocycles. The van der Waals surface area contributed by atoms with Crippen LogP contribution in [0.5, 0.6) is 0 Å². The van der Waals surface area contributed by atoms with E-state index in [-0.39, 0.29) is 17.0 Å². The van der Waals surface area contributed by atoms with Gasteiger partial charge in [-0.1, -0.05) is 70.6 Å². The number of rotatable bonds is 6. The third-order valence-electron chi connectivity index (χ3n) is 5.30. The maximum absolute atomic E-state index is 14.1. The molecule has 0 amide bonds. The Hall–Kier alpha value is -3.15. The molecule has 34 heavy (non-hydrogen) atoms. The summed E-state index contributed by atoms with van der Waals surface area (Å²) in [5.74, 6) is -1.30. The van der Waals surface area contributed by atoms with E-state index in [4.69, 9.17) is 0 Å². The highest BCUT2D eigenvalue weighted by molar-refractivity contribution is 5.74. The quantitative estimate of drug-likeness (QED) is 0.212. The first-order chi connectivity index (χ1) is 16.5. The number of aryl methyl sites for hydroxylation is 1. The van der Waals surface area contributed by atoms with Crippen molar-refractivity contribution in [1.82, 2.24) is 10.3 Å². The van der Waals surface area contributed by atoms with Crippen LogP contribution in [0.1, 0.15) is 67.9 Å². The smallest absolute Gasteiger partial charge is 0.168 e. The standard InChI is InChI=1S/C14H11F2NO.C7H12N2.C7H14/c1-2-9-6-7-11(15)13(14(9)16)12-5-3-4-10(8-18)17-12;1-7(9-3)5-4-6-8-2;1-2-4-6-7-5-3-1/h3-8H,2H2,1H3;4-6,9H,1H2,2-3H3;1-7H2/b;5-4-,8-6?;. The summed E-state index contributed by atoms with van der Waals surface area (Å²) < 4.78 is 27.8. The van der Waals surface area contributed by atoms with Gasteiger partial charge in [0.25, 0.3) is 0 Å². The fourth-order valence-corrected chi connectivity index (χ4v) is 3.33. The monoisotopic (exact) mass is 469 g/mol. The van der Waals surface area contributed by atoms with Crippen LogP contribution in [-0.4, -0.2) is 31.6 Å². The van der Waals surface area contributed by atoms with Gasteiger partial charge in [0, 0.05) is 26.0 Å². The summed E-state index contributed by atoms with van der Waals surface area (Å²) in [4.78, 5) is 18.3. The normalized spacial score (nSPS) is 13.3. The van der Waals surface area contributed by atoms with Crippen LogP contribution in [0.25, 0.3) is 11.3 Å². The number of hydrogen-bond donors (Lipinski definition) is 1. The molecule has 1 heterocycles. The highest BCUT2D eigenvalue weighted by Crippen LogP contribution is 2.27. The largest absolute Gasteiger partial charge is 0.389 e. The van der Waals surface area contributed by atoms with Crippen LogP contribution in [-0.2, 0) is 6.42 Å². The summed E-state index contributed by atoms with van der Waals surface area (Å²) in [6.07, 6.45) is 16.9. The van der Waals surface area contributed by atoms with Gasteiger partial charge in [-0.2, -0.15) is 0 Å². The van der Waals surface area contributed by atoms with Crippen LogP contribution >= 0.6 is 0 Å². The number of benzene rings is 1. The summed E-state index contributed by atoms with van der Waals surface area (Å²) >= 11 is 0. The van der Waals surface area contributed by atoms with E-state index >= 15 is 0 Å². The van der Waals surface area contributed by atoms with Crippen LogP contribution in [0.15, 0.2) is 59.8 Å². The molecule has 1 aliphatic rings. The van der Waals surface area contributed by atoms with Crippen molar-refractivity contribution in [2.75, 3.05) is 14.1 Å². The zero-order chi connectivity index (χ0) is 25.2. The Morgan fingerprint density at radius 1 is 1.09 bits per heavy atom. The number of aliphatic imine (C=N–C) groups is 1. The number of aromatic nitrogens is 1. The molecule has 1 fully saturated rings. The molecule has 0 unspecified atom stereocenters. The van der Waals surface area contributed by atoms with E-state index in [2.05, 4.69) is 21.9 Å². The predicted octanol–water partition coefficient (Wildman–Crippen LogP) is 7.11. The van der Waals surface area contributed by atoms with Crippen molar-refractivity contribution in [1.29, 1.82) is 0 Å². The van der Waals surface area contributed by atoms with Gasteiger partial charge in [-0.25, -0.2) is 13.8 Å². The SMILES string of the molecule is C1CCCCCC1.C=C(/C=C\C=NC)NC.CCc1ccc(F)c(-c2cccc(C=O)n2)c1F. The first kappa shape index (κ1) is 28.9. The van der Waals surface area contributed by atoms with Crippen molar-refractivity contribution in [2.45, 2.75) is 58.3 Å². The lowest BCUT2D eigenvalue weighted by Gasteiger charge is -2.08. The number of nitrogens with one attached hydrogen (secondary N) is 1. The number of nitrogens with zero attached hydrogens (tertiary/aromatic N) is 2. The Morgan fingerprint density at radius 2 is 1.71 bits per heavy atom. The molecule has 0 saturated heterocycles. The lowest BCUT2D eigenvalue weighted by molar-refractivity contribution is 0.111. The molecule has 0 atom stereocenters. The average Bonchev–Trinajstić information content (AvgIpc) is 3.18. The minimum atomic E-state index is -0.680. The van der Waals surface area contributed by atoms with Gasteiger partial charge >= 0.3 is 0 Å². The Bertz CT molecular complexity index is 935. The van der Waals surface area contributed by atoms with E-state index in [0.29, 0.717) is 18.3 Å². The molecule has 6 heteroatoms. The average molecular weight is 470 g/mol. The van der Waals surface area contributed by atoms with Crippen molar-refractivity contribution >= 4 is 12.5 Å². The van der Waals surface area contributed by atoms with Gasteiger partial charge in [-0.3, -0.25) is 9.79 Å². The van der Waals surface area contributed by atoms with E-state index in [1.54, 1.807) is 26.3 Å². The lowest BCUT2D eigenvalue weighted by atomic mass is 10.0. The van der Waals surface area contributed by atoms with E-state index < -0.39 is 11.6 Å². The number of hydrogen-bond acceptors (Lipinski definition) is 4. The third-order valence-corrected chi connectivity index (χ3v) is 5.30. The lowest BCUT2D eigenvalue weighted by Crippen LogP contribution is -2.00. The molecule has 1 saturated carbocycles. The molecule has 1 N–H and O–H groups in total. The van der Waals surface area contributed by atoms with Crippen LogP contribution in [0, 0.1) is 11.6 Å². The van der Waals surface area contributed by atoms with Gasteiger partial charge in [0.1, 0.15) is 17.3 Å². The van der Waals surface area contributed by atoms with E-state index in [0.717, 1.165) is 5.70 Å². The number of aldehydes is 1. The van der Waals surface area contributed by atoms with Crippen molar-refractivity contribution in [2.24, 2.45) is 4.99 Å². The van der Waals surface area contributed by atoms with Crippen LogP contribution < -0.4 is 5.32 Å². The fourth-order valence-electron chi connectivity index (χ4n) is 3.33. The summed E-state index contributed by atoms with van der Waals surface area (Å²) in [6.45, 7) is 5.47. The molecule has 1 aromatic carbocycles. The first-order valence-corrected chi connectivity index (χ1v) is 11.8. The summed E-state index contributed by atoms with van der Waals surface area (Å²) in [6, 6.07) is 7.14. The molecule has 0 radical (unpaired) electrons. The second kappa shape index (κ2) is 17.3. The maximum Gasteiger partial charge on any atom is 0.168 e.